The molecule has 0 spiro atoms. The number of carbonyl (C=O) groups is 1. The van der Waals surface area contributed by atoms with Crippen molar-refractivity contribution in [1.82, 2.24) is 9.80 Å². The van der Waals surface area contributed by atoms with Crippen molar-refractivity contribution in [1.29, 1.82) is 0 Å². The molecule has 1 unspecified atom stereocenters. The molecular formula is C24H25FN2O3. The number of hydrogen-bond donors (Lipinski definition) is 0. The molecule has 0 saturated heterocycles. The zero-order chi connectivity index (χ0) is 21.4. The minimum atomic E-state index is -0.656. The largest absolute Gasteiger partial charge is 0.450 e. The monoisotopic (exact) mass is 408 g/mol. The van der Waals surface area contributed by atoms with Gasteiger partial charge in [0.15, 0.2) is 5.43 Å². The standard InChI is InChI=1S/C24H25FN2O3/c1-4-15-9-10-19-18(13-15)22(28)20-21(16-7-5-8-17(25)14-16)27(12-6-11-26(2)3)24(29)23(20)30-19/h5,7-10,13-14,21H,4,6,11-12H2,1-3H3. The Hall–Kier alpha value is -2.99. The van der Waals surface area contributed by atoms with Crippen molar-refractivity contribution < 1.29 is 13.6 Å². The fourth-order valence-corrected chi connectivity index (χ4v) is 4.10. The molecular weight excluding hydrogens is 383 g/mol. The number of rotatable bonds is 6. The average molecular weight is 408 g/mol. The van der Waals surface area contributed by atoms with Crippen molar-refractivity contribution in [3.05, 3.63) is 81.0 Å². The van der Waals surface area contributed by atoms with Gasteiger partial charge in [-0.15, -0.1) is 0 Å². The van der Waals surface area contributed by atoms with Gasteiger partial charge in [-0.05, 0) is 68.9 Å². The van der Waals surface area contributed by atoms with E-state index >= 15 is 0 Å². The lowest BCUT2D eigenvalue weighted by atomic mass is 9.97. The lowest BCUT2D eigenvalue weighted by molar-refractivity contribution is 0.0722. The van der Waals surface area contributed by atoms with Crippen LogP contribution in [0.15, 0.2) is 51.7 Å². The molecule has 156 valence electrons. The summed E-state index contributed by atoms with van der Waals surface area (Å²) < 4.78 is 20.0. The summed E-state index contributed by atoms with van der Waals surface area (Å²) in [5.41, 5.74) is 2.07. The molecule has 2 heterocycles. The molecule has 0 radical (unpaired) electrons. The van der Waals surface area contributed by atoms with E-state index in [1.165, 1.54) is 12.1 Å². The molecule has 1 amide bonds. The number of benzene rings is 2. The Bertz CT molecular complexity index is 1170. The zero-order valence-corrected chi connectivity index (χ0v) is 17.4. The Labute approximate surface area is 174 Å². The maximum absolute atomic E-state index is 14.0. The first-order chi connectivity index (χ1) is 14.4. The number of hydrogen-bond acceptors (Lipinski definition) is 4. The number of amides is 1. The number of fused-ring (bicyclic) bond motifs is 2. The van der Waals surface area contributed by atoms with Crippen molar-refractivity contribution in [2.75, 3.05) is 27.2 Å². The van der Waals surface area contributed by atoms with E-state index in [2.05, 4.69) is 0 Å². The van der Waals surface area contributed by atoms with Crippen LogP contribution in [-0.4, -0.2) is 42.9 Å². The zero-order valence-electron chi connectivity index (χ0n) is 17.4. The minimum Gasteiger partial charge on any atom is -0.450 e. The van der Waals surface area contributed by atoms with Gasteiger partial charge in [-0.1, -0.05) is 25.1 Å². The van der Waals surface area contributed by atoms with E-state index in [1.54, 1.807) is 23.1 Å². The van der Waals surface area contributed by atoms with Crippen molar-refractivity contribution in [2.45, 2.75) is 25.8 Å². The van der Waals surface area contributed by atoms with E-state index in [0.29, 0.717) is 28.6 Å². The highest BCUT2D eigenvalue weighted by molar-refractivity contribution is 5.99. The summed E-state index contributed by atoms with van der Waals surface area (Å²) >= 11 is 0. The highest BCUT2D eigenvalue weighted by Gasteiger charge is 2.42. The highest BCUT2D eigenvalue weighted by Crippen LogP contribution is 2.38. The molecule has 0 fully saturated rings. The van der Waals surface area contributed by atoms with Gasteiger partial charge in [0.25, 0.3) is 5.91 Å². The number of carbonyl (C=O) groups excluding carboxylic acids is 1. The van der Waals surface area contributed by atoms with E-state index in [-0.39, 0.29) is 17.1 Å². The lowest BCUT2D eigenvalue weighted by Gasteiger charge is -2.25. The first-order valence-corrected chi connectivity index (χ1v) is 10.2. The van der Waals surface area contributed by atoms with Gasteiger partial charge < -0.3 is 14.2 Å². The Morgan fingerprint density at radius 1 is 1.13 bits per heavy atom. The average Bonchev–Trinajstić information content (AvgIpc) is 3.00. The van der Waals surface area contributed by atoms with Crippen LogP contribution < -0.4 is 5.43 Å². The molecule has 4 rings (SSSR count). The summed E-state index contributed by atoms with van der Waals surface area (Å²) in [5, 5.41) is 0.456. The normalized spacial score (nSPS) is 16.0. The molecule has 0 saturated carbocycles. The molecule has 5 nitrogen and oxygen atoms in total. The number of halogens is 1. The van der Waals surface area contributed by atoms with E-state index in [0.717, 1.165) is 24.9 Å². The van der Waals surface area contributed by atoms with Crippen LogP contribution in [0.2, 0.25) is 0 Å². The molecule has 0 bridgehead atoms. The molecule has 1 atom stereocenters. The Morgan fingerprint density at radius 2 is 1.93 bits per heavy atom. The summed E-state index contributed by atoms with van der Waals surface area (Å²) in [6.45, 7) is 3.25. The molecule has 0 N–H and O–H groups in total. The summed E-state index contributed by atoms with van der Waals surface area (Å²) in [6, 6.07) is 10.9. The summed E-state index contributed by atoms with van der Waals surface area (Å²) in [4.78, 5) is 30.4. The van der Waals surface area contributed by atoms with Crippen LogP contribution in [0.4, 0.5) is 4.39 Å². The van der Waals surface area contributed by atoms with Gasteiger partial charge in [-0.2, -0.15) is 0 Å². The molecule has 1 aliphatic heterocycles. The maximum Gasteiger partial charge on any atom is 0.290 e. The van der Waals surface area contributed by atoms with Crippen molar-refractivity contribution in [3.8, 4) is 0 Å². The van der Waals surface area contributed by atoms with Gasteiger partial charge in [0, 0.05) is 6.54 Å². The topological polar surface area (TPSA) is 53.8 Å². The molecule has 2 aromatic carbocycles. The van der Waals surface area contributed by atoms with E-state index in [9.17, 15) is 14.0 Å². The van der Waals surface area contributed by atoms with Crippen LogP contribution in [0.3, 0.4) is 0 Å². The van der Waals surface area contributed by atoms with Crippen molar-refractivity contribution in [2.24, 2.45) is 0 Å². The predicted octanol–water partition coefficient (Wildman–Crippen LogP) is 3.99. The fourth-order valence-electron chi connectivity index (χ4n) is 4.10. The summed E-state index contributed by atoms with van der Waals surface area (Å²) in [7, 11) is 3.93. The first-order valence-electron chi connectivity index (χ1n) is 10.2. The number of aryl methyl sites for hydroxylation is 1. The second kappa shape index (κ2) is 8.03. The lowest BCUT2D eigenvalue weighted by Crippen LogP contribution is -2.32. The van der Waals surface area contributed by atoms with Gasteiger partial charge in [0.1, 0.15) is 11.4 Å². The van der Waals surface area contributed by atoms with Crippen LogP contribution in [0.5, 0.6) is 0 Å². The van der Waals surface area contributed by atoms with Crippen LogP contribution in [0.25, 0.3) is 11.0 Å². The second-order valence-electron chi connectivity index (χ2n) is 7.97. The third-order valence-corrected chi connectivity index (χ3v) is 5.61. The summed E-state index contributed by atoms with van der Waals surface area (Å²) in [5.74, 6) is -0.660. The Balaban J connectivity index is 1.89. The molecule has 3 aromatic rings. The number of nitrogens with zero attached hydrogens (tertiary/aromatic N) is 2. The fraction of sp³-hybridized carbons (Fsp3) is 0.333. The third kappa shape index (κ3) is 3.52. The first kappa shape index (κ1) is 20.3. The minimum absolute atomic E-state index is 0.0656. The SMILES string of the molecule is CCc1ccc2oc3c(c(=O)c2c1)C(c1cccc(F)c1)N(CCCN(C)C)C3=O. The van der Waals surface area contributed by atoms with Crippen LogP contribution in [0.1, 0.15) is 46.6 Å². The van der Waals surface area contributed by atoms with Gasteiger partial charge in [-0.25, -0.2) is 4.39 Å². The van der Waals surface area contributed by atoms with Crippen molar-refractivity contribution in [3.63, 3.8) is 0 Å². The van der Waals surface area contributed by atoms with Gasteiger partial charge >= 0.3 is 0 Å². The quantitative estimate of drug-likeness (QED) is 0.619. The second-order valence-corrected chi connectivity index (χ2v) is 7.97. The molecule has 1 aromatic heterocycles. The van der Waals surface area contributed by atoms with Crippen LogP contribution in [-0.2, 0) is 6.42 Å². The van der Waals surface area contributed by atoms with Crippen LogP contribution in [0, 0.1) is 5.82 Å². The van der Waals surface area contributed by atoms with Crippen LogP contribution >= 0.6 is 0 Å². The molecule has 30 heavy (non-hydrogen) atoms. The van der Waals surface area contributed by atoms with E-state index < -0.39 is 11.9 Å². The summed E-state index contributed by atoms with van der Waals surface area (Å²) in [6.07, 6.45) is 1.52. The molecule has 1 aliphatic rings. The van der Waals surface area contributed by atoms with Gasteiger partial charge in [-0.3, -0.25) is 9.59 Å². The highest BCUT2D eigenvalue weighted by atomic mass is 19.1. The van der Waals surface area contributed by atoms with E-state index in [1.807, 2.05) is 38.1 Å². The van der Waals surface area contributed by atoms with Gasteiger partial charge in [0.2, 0.25) is 5.76 Å². The third-order valence-electron chi connectivity index (χ3n) is 5.61. The maximum atomic E-state index is 14.0. The Morgan fingerprint density at radius 3 is 2.63 bits per heavy atom. The molecule has 6 heteroatoms. The predicted molar refractivity (Wildman–Crippen MR) is 114 cm³/mol. The van der Waals surface area contributed by atoms with Crippen molar-refractivity contribution >= 4 is 16.9 Å². The Kier molecular flexibility index (Phi) is 5.43. The smallest absolute Gasteiger partial charge is 0.290 e. The molecule has 0 aliphatic carbocycles. The van der Waals surface area contributed by atoms with E-state index in [4.69, 9.17) is 4.42 Å². The van der Waals surface area contributed by atoms with Gasteiger partial charge in [0.05, 0.1) is 17.0 Å².